The van der Waals surface area contributed by atoms with Crippen molar-refractivity contribution in [2.45, 2.75) is 55.6 Å². The highest BCUT2D eigenvalue weighted by molar-refractivity contribution is 7.89. The van der Waals surface area contributed by atoms with Crippen LogP contribution in [0.2, 0.25) is 0 Å². The molecule has 0 fully saturated rings. The number of carbonyl (C=O) groups is 1. The lowest BCUT2D eigenvalue weighted by Gasteiger charge is -2.23. The van der Waals surface area contributed by atoms with Crippen molar-refractivity contribution in [3.8, 4) is 23.0 Å². The molecule has 0 aliphatic carbocycles. The number of aromatic amines is 1. The van der Waals surface area contributed by atoms with Gasteiger partial charge >= 0.3 is 5.97 Å². The number of benzene rings is 4. The summed E-state index contributed by atoms with van der Waals surface area (Å²) < 4.78 is 111. The zero-order valence-corrected chi connectivity index (χ0v) is 37.2. The predicted octanol–water partition coefficient (Wildman–Crippen LogP) is 6.30. The highest BCUT2D eigenvalue weighted by Crippen LogP contribution is 2.28. The van der Waals surface area contributed by atoms with Crippen LogP contribution >= 0.6 is 0 Å². The molecule has 16 nitrogen and oxygen atoms in total. The summed E-state index contributed by atoms with van der Waals surface area (Å²) in [6.45, 7) is 2.91. The number of ether oxygens (including phenoxy) is 5. The van der Waals surface area contributed by atoms with Crippen LogP contribution in [0, 0.1) is 11.6 Å². The van der Waals surface area contributed by atoms with E-state index in [0.29, 0.717) is 34.1 Å². The van der Waals surface area contributed by atoms with Gasteiger partial charge in [0.2, 0.25) is 10.1 Å². The molecule has 0 atom stereocenters. The Labute approximate surface area is 365 Å². The predicted molar refractivity (Wildman–Crippen MR) is 227 cm³/mol. The number of carbonyl (C=O) groups excluding carboxylic acids is 1. The van der Waals surface area contributed by atoms with E-state index in [-0.39, 0.29) is 26.2 Å². The third-order valence-corrected chi connectivity index (χ3v) is 13.2. The minimum atomic E-state index is -4.42. The quantitative estimate of drug-likeness (QED) is 0.0952. The molecule has 4 aromatic carbocycles. The number of esters is 1. The SMILES string of the molecule is COC(=O)C(C)(C)n1cc(F)c(S(=O)(=O)N(Cc2ccc(OC)cc2)Cc2ccc(OC)cc2)n1.COc1ccc(CN(Cc2ccc(OC)cc2)S(=O)(=O)c2[nH]ncc2F)cc1. The van der Waals surface area contributed by atoms with E-state index in [9.17, 15) is 30.4 Å². The van der Waals surface area contributed by atoms with Gasteiger partial charge < -0.3 is 23.7 Å². The Morgan fingerprint density at radius 3 is 1.25 bits per heavy atom. The minimum Gasteiger partial charge on any atom is -0.497 e. The van der Waals surface area contributed by atoms with Crippen LogP contribution in [-0.2, 0) is 61.3 Å². The first-order chi connectivity index (χ1) is 30.0. The van der Waals surface area contributed by atoms with E-state index in [1.807, 2.05) is 0 Å². The second-order valence-corrected chi connectivity index (χ2v) is 18.0. The van der Waals surface area contributed by atoms with Crippen LogP contribution in [0.15, 0.2) is 120 Å². The van der Waals surface area contributed by atoms with Crippen LogP contribution in [-0.4, -0.2) is 86.9 Å². The van der Waals surface area contributed by atoms with Gasteiger partial charge in [0, 0.05) is 26.2 Å². The molecule has 2 heterocycles. The molecule has 20 heteroatoms. The summed E-state index contributed by atoms with van der Waals surface area (Å²) in [6, 6.07) is 27.8. The van der Waals surface area contributed by atoms with Crippen molar-refractivity contribution in [1.82, 2.24) is 28.6 Å². The topological polar surface area (TPSA) is 184 Å². The van der Waals surface area contributed by atoms with Gasteiger partial charge in [-0.05, 0) is 84.6 Å². The van der Waals surface area contributed by atoms with Gasteiger partial charge in [0.25, 0.3) is 20.0 Å². The minimum absolute atomic E-state index is 0.0505. The van der Waals surface area contributed by atoms with Crippen molar-refractivity contribution in [2.75, 3.05) is 35.5 Å². The summed E-state index contributed by atoms with van der Waals surface area (Å²) in [7, 11) is -1.20. The zero-order valence-electron chi connectivity index (χ0n) is 35.6. The fourth-order valence-electron chi connectivity index (χ4n) is 6.02. The second-order valence-electron chi connectivity index (χ2n) is 14.3. The highest BCUT2D eigenvalue weighted by atomic mass is 32.2. The van der Waals surface area contributed by atoms with Crippen molar-refractivity contribution >= 4 is 26.0 Å². The Balaban J connectivity index is 0.000000243. The van der Waals surface area contributed by atoms with Gasteiger partial charge in [0.15, 0.2) is 17.2 Å². The number of rotatable bonds is 18. The normalized spacial score (nSPS) is 11.8. The van der Waals surface area contributed by atoms with Gasteiger partial charge in [-0.15, -0.1) is 0 Å². The Kier molecular flexibility index (Phi) is 15.7. The molecule has 0 bridgehead atoms. The third-order valence-electron chi connectivity index (χ3n) is 9.71. The molecule has 0 amide bonds. The standard InChI is InChI=1S/C24H28FN3O6S.C19H20FN3O4S/c1-24(2,23(29)34-5)28-16-21(25)22(26-28)35(30,31)27(14-17-6-10-19(32-3)11-7-17)15-18-8-12-20(33-4)13-9-18;1-26-16-7-3-14(4-8-16)12-23(13-15-5-9-17(27-2)10-6-15)28(24,25)19-18(20)11-21-22-19/h6-13,16H,14-15H2,1-5H3;3-11H,12-13H2,1-2H3,(H,21,22). The average molecular weight is 911 g/mol. The molecular formula is C43H48F2N6O10S2. The molecule has 0 aliphatic rings. The van der Waals surface area contributed by atoms with Crippen molar-refractivity contribution < 1.29 is 54.1 Å². The first-order valence-corrected chi connectivity index (χ1v) is 21.9. The second kappa shape index (κ2) is 20.7. The zero-order chi connectivity index (χ0) is 46.0. The molecule has 1 N–H and O–H groups in total. The molecule has 63 heavy (non-hydrogen) atoms. The molecule has 2 aromatic heterocycles. The average Bonchev–Trinajstić information content (AvgIpc) is 3.93. The van der Waals surface area contributed by atoms with Gasteiger partial charge in [-0.1, -0.05) is 48.5 Å². The van der Waals surface area contributed by atoms with E-state index >= 15 is 0 Å². The van der Waals surface area contributed by atoms with E-state index in [4.69, 9.17) is 23.7 Å². The number of hydrogen-bond acceptors (Lipinski definition) is 12. The maximum absolute atomic E-state index is 15.0. The number of methoxy groups -OCH3 is 5. The van der Waals surface area contributed by atoms with Crippen LogP contribution in [0.25, 0.3) is 0 Å². The number of hydrogen-bond donors (Lipinski definition) is 1. The van der Waals surface area contributed by atoms with Crippen LogP contribution in [0.4, 0.5) is 8.78 Å². The van der Waals surface area contributed by atoms with E-state index in [1.54, 1.807) is 111 Å². The number of H-pyrrole nitrogens is 1. The van der Waals surface area contributed by atoms with Gasteiger partial charge in [-0.25, -0.2) is 30.4 Å². The maximum atomic E-state index is 15.0. The Morgan fingerprint density at radius 2 is 0.952 bits per heavy atom. The van der Waals surface area contributed by atoms with Crippen molar-refractivity contribution in [1.29, 1.82) is 0 Å². The first-order valence-electron chi connectivity index (χ1n) is 19.0. The number of nitrogens with one attached hydrogen (secondary N) is 1. The number of sulfonamides is 2. The van der Waals surface area contributed by atoms with Gasteiger partial charge in [-0.2, -0.15) is 18.8 Å². The van der Waals surface area contributed by atoms with E-state index in [2.05, 4.69) is 15.3 Å². The summed E-state index contributed by atoms with van der Waals surface area (Å²) >= 11 is 0. The number of halogens is 2. The number of aromatic nitrogens is 4. The summed E-state index contributed by atoms with van der Waals surface area (Å²) in [6.07, 6.45) is 1.72. The fraction of sp³-hybridized carbons (Fsp3) is 0.279. The Hall–Kier alpha value is -6.35. The molecule has 0 saturated heterocycles. The molecular weight excluding hydrogens is 863 g/mol. The smallest absolute Gasteiger partial charge is 0.333 e. The monoisotopic (exact) mass is 910 g/mol. The Morgan fingerprint density at radius 1 is 0.603 bits per heavy atom. The van der Waals surface area contributed by atoms with E-state index < -0.39 is 53.2 Å². The molecule has 6 aromatic rings. The molecule has 0 aliphatic heterocycles. The lowest BCUT2D eigenvalue weighted by Crippen LogP contribution is -2.37. The molecule has 0 saturated carbocycles. The number of nitrogens with zero attached hydrogens (tertiary/aromatic N) is 5. The molecule has 336 valence electrons. The summed E-state index contributed by atoms with van der Waals surface area (Å²) in [5.74, 6) is -0.134. The summed E-state index contributed by atoms with van der Waals surface area (Å²) in [4.78, 5) is 12.1. The third kappa shape index (κ3) is 11.6. The van der Waals surface area contributed by atoms with Crippen LogP contribution < -0.4 is 18.9 Å². The van der Waals surface area contributed by atoms with Crippen LogP contribution in [0.5, 0.6) is 23.0 Å². The summed E-state index contributed by atoms with van der Waals surface area (Å²) in [5, 5.41) is 8.34. The lowest BCUT2D eigenvalue weighted by molar-refractivity contribution is -0.150. The molecule has 6 rings (SSSR count). The van der Waals surface area contributed by atoms with Crippen molar-refractivity contribution in [2.24, 2.45) is 0 Å². The largest absolute Gasteiger partial charge is 0.497 e. The lowest BCUT2D eigenvalue weighted by atomic mass is 10.1. The Bertz CT molecular complexity index is 2560. The molecule has 0 unspecified atom stereocenters. The summed E-state index contributed by atoms with van der Waals surface area (Å²) in [5.41, 5.74) is 1.38. The highest BCUT2D eigenvalue weighted by Gasteiger charge is 2.37. The van der Waals surface area contributed by atoms with Gasteiger partial charge in [0.05, 0.1) is 47.9 Å². The fourth-order valence-corrected chi connectivity index (χ4v) is 8.76. The van der Waals surface area contributed by atoms with E-state index in [0.717, 1.165) is 32.5 Å². The maximum Gasteiger partial charge on any atom is 0.333 e. The molecule has 0 spiro atoms. The van der Waals surface area contributed by atoms with Gasteiger partial charge in [0.1, 0.15) is 23.0 Å². The van der Waals surface area contributed by atoms with Gasteiger partial charge in [-0.3, -0.25) is 9.78 Å². The van der Waals surface area contributed by atoms with E-state index in [1.165, 1.54) is 39.5 Å². The van der Waals surface area contributed by atoms with Crippen LogP contribution in [0.3, 0.4) is 0 Å². The van der Waals surface area contributed by atoms with Crippen LogP contribution in [0.1, 0.15) is 36.1 Å². The first kappa shape index (κ1) is 47.7. The van der Waals surface area contributed by atoms with Crippen molar-refractivity contribution in [3.63, 3.8) is 0 Å². The molecule has 0 radical (unpaired) electrons. The van der Waals surface area contributed by atoms with Crippen molar-refractivity contribution in [3.05, 3.63) is 143 Å².